The Morgan fingerprint density at radius 1 is 1.00 bits per heavy atom. The second kappa shape index (κ2) is 9.64. The maximum absolute atomic E-state index is 12.7. The van der Waals surface area contributed by atoms with Crippen molar-refractivity contribution in [2.45, 2.75) is 26.3 Å². The van der Waals surface area contributed by atoms with E-state index >= 15 is 0 Å². The van der Waals surface area contributed by atoms with E-state index in [1.165, 1.54) is 0 Å². The highest BCUT2D eigenvalue weighted by molar-refractivity contribution is 8.26. The van der Waals surface area contributed by atoms with Crippen LogP contribution in [0.4, 0.5) is 33.6 Å². The molecule has 0 bridgehead atoms. The summed E-state index contributed by atoms with van der Waals surface area (Å²) < 4.78 is 24.9. The molecule has 2 aromatic heterocycles. The van der Waals surface area contributed by atoms with Gasteiger partial charge in [-0.25, -0.2) is 14.8 Å². The molecule has 38 heavy (non-hydrogen) atoms. The number of hydrogen-bond acceptors (Lipinski definition) is 9. The van der Waals surface area contributed by atoms with Gasteiger partial charge in [0.05, 0.1) is 21.4 Å². The van der Waals surface area contributed by atoms with Crippen LogP contribution >= 0.6 is 34.2 Å². The number of hydrogen-bond donors (Lipinski definition) is 7. The molecule has 0 saturated carbocycles. The van der Waals surface area contributed by atoms with Crippen molar-refractivity contribution in [3.8, 4) is 11.1 Å². The van der Waals surface area contributed by atoms with Crippen molar-refractivity contribution >= 4 is 80.1 Å². The first kappa shape index (κ1) is 26.1. The SMILES string of the molecule is CC(C)(C)NC(=O)Nc1nc2nc(Nc3ccc4c(c3)NS(O)(O)N4)ncc2cc1-c1c(Cl)cccc1Cl. The van der Waals surface area contributed by atoms with Crippen LogP contribution in [0.2, 0.25) is 10.0 Å². The standard InChI is InChI=1S/C24H24Cl2N8O3S/c1-24(2,3)32-23(35)31-21-14(19-15(25)5-4-6-16(19)26)9-12-11-27-22(30-20(12)29-21)28-13-7-8-17-18(10-13)34-38(36,37)33-17/h4-11,33-34,36-37H,1-3H3,(H3,27,28,29,30,31,32,35). The average molecular weight is 575 g/mol. The quantitative estimate of drug-likeness (QED) is 0.135. The Morgan fingerprint density at radius 2 is 1.71 bits per heavy atom. The van der Waals surface area contributed by atoms with Crippen molar-refractivity contribution in [3.63, 3.8) is 0 Å². The number of nitrogens with one attached hydrogen (secondary N) is 5. The molecule has 0 fully saturated rings. The number of benzene rings is 2. The van der Waals surface area contributed by atoms with Crippen molar-refractivity contribution in [2.75, 3.05) is 20.1 Å². The van der Waals surface area contributed by atoms with E-state index in [1.54, 1.807) is 48.7 Å². The summed E-state index contributed by atoms with van der Waals surface area (Å²) in [5, 5.41) is 10.1. The zero-order valence-corrected chi connectivity index (χ0v) is 22.8. The number of anilines is 5. The number of fused-ring (bicyclic) bond motifs is 2. The lowest BCUT2D eigenvalue weighted by molar-refractivity contribution is 0.243. The Labute approximate surface area is 230 Å². The first-order chi connectivity index (χ1) is 17.9. The number of urea groups is 1. The van der Waals surface area contributed by atoms with Gasteiger partial charge in [-0.3, -0.25) is 23.9 Å². The summed E-state index contributed by atoms with van der Waals surface area (Å²) in [6.45, 7) is 5.60. The summed E-state index contributed by atoms with van der Waals surface area (Å²) in [5.74, 6) is 0.466. The minimum absolute atomic E-state index is 0.219. The van der Waals surface area contributed by atoms with Gasteiger partial charge in [-0.2, -0.15) is 4.98 Å². The molecule has 14 heteroatoms. The molecule has 1 aliphatic rings. The predicted octanol–water partition coefficient (Wildman–Crippen LogP) is 7.08. The number of amides is 2. The molecule has 0 aliphatic carbocycles. The molecule has 5 rings (SSSR count). The molecule has 2 amide bonds. The average Bonchev–Trinajstić information content (AvgIpc) is 3.11. The number of rotatable bonds is 4. The topological polar surface area (TPSA) is 156 Å². The van der Waals surface area contributed by atoms with E-state index in [4.69, 9.17) is 23.2 Å². The van der Waals surface area contributed by atoms with E-state index in [-0.39, 0.29) is 11.8 Å². The van der Waals surface area contributed by atoms with Crippen molar-refractivity contribution in [3.05, 3.63) is 58.7 Å². The first-order valence-electron chi connectivity index (χ1n) is 11.3. The fraction of sp³-hybridized carbons (Fsp3) is 0.167. The molecule has 2 aromatic carbocycles. The highest BCUT2D eigenvalue weighted by Gasteiger charge is 2.24. The van der Waals surface area contributed by atoms with Gasteiger partial charge in [0.1, 0.15) is 5.82 Å². The van der Waals surface area contributed by atoms with Crippen LogP contribution in [-0.4, -0.2) is 35.6 Å². The molecule has 4 aromatic rings. The maximum Gasteiger partial charge on any atom is 0.320 e. The minimum atomic E-state index is -3.11. The van der Waals surface area contributed by atoms with Gasteiger partial charge in [0, 0.05) is 33.9 Å². The van der Waals surface area contributed by atoms with Crippen LogP contribution < -0.4 is 25.4 Å². The normalized spacial score (nSPS) is 14.7. The van der Waals surface area contributed by atoms with Gasteiger partial charge in [-0.05, 0) is 68.1 Å². The Bertz CT molecular complexity index is 1560. The predicted molar refractivity (Wildman–Crippen MR) is 155 cm³/mol. The highest BCUT2D eigenvalue weighted by atomic mass is 35.5. The lowest BCUT2D eigenvalue weighted by atomic mass is 10.0. The van der Waals surface area contributed by atoms with Crippen molar-refractivity contribution < 1.29 is 13.9 Å². The number of carbonyl (C=O) groups excluding carboxylic acids is 1. The van der Waals surface area contributed by atoms with Crippen LogP contribution in [0.3, 0.4) is 0 Å². The summed E-state index contributed by atoms with van der Waals surface area (Å²) >= 11 is 13.0. The van der Waals surface area contributed by atoms with Gasteiger partial charge in [0.25, 0.3) is 0 Å². The second-order valence-electron chi connectivity index (χ2n) is 9.56. The zero-order valence-electron chi connectivity index (χ0n) is 20.4. The maximum atomic E-state index is 12.7. The second-order valence-corrected chi connectivity index (χ2v) is 11.9. The molecule has 0 radical (unpaired) electrons. The van der Waals surface area contributed by atoms with E-state index in [9.17, 15) is 13.9 Å². The fourth-order valence-corrected chi connectivity index (χ4v) is 5.41. The number of nitrogens with zero attached hydrogens (tertiary/aromatic N) is 3. The van der Waals surface area contributed by atoms with E-state index in [0.29, 0.717) is 49.3 Å². The van der Waals surface area contributed by atoms with E-state index in [0.717, 1.165) is 0 Å². The van der Waals surface area contributed by atoms with Gasteiger partial charge in [0.2, 0.25) is 5.95 Å². The van der Waals surface area contributed by atoms with Crippen LogP contribution in [0, 0.1) is 0 Å². The molecule has 3 heterocycles. The lowest BCUT2D eigenvalue weighted by Gasteiger charge is -2.26. The molecule has 0 saturated heterocycles. The third kappa shape index (κ3) is 5.64. The summed E-state index contributed by atoms with van der Waals surface area (Å²) in [5.41, 5.74) is 2.56. The number of halogens is 2. The molecule has 7 N–H and O–H groups in total. The van der Waals surface area contributed by atoms with Crippen LogP contribution in [-0.2, 0) is 0 Å². The highest BCUT2D eigenvalue weighted by Crippen LogP contribution is 2.50. The molecule has 0 unspecified atom stereocenters. The summed E-state index contributed by atoms with van der Waals surface area (Å²) in [6.07, 6.45) is 1.59. The monoisotopic (exact) mass is 574 g/mol. The summed E-state index contributed by atoms with van der Waals surface area (Å²) in [7, 11) is -3.11. The minimum Gasteiger partial charge on any atom is -0.333 e. The number of carbonyl (C=O) groups is 1. The van der Waals surface area contributed by atoms with Gasteiger partial charge in [-0.15, -0.1) is 0 Å². The van der Waals surface area contributed by atoms with Crippen LogP contribution in [0.15, 0.2) is 48.7 Å². The number of pyridine rings is 1. The van der Waals surface area contributed by atoms with Crippen molar-refractivity contribution in [1.82, 2.24) is 20.3 Å². The smallest absolute Gasteiger partial charge is 0.320 e. The van der Waals surface area contributed by atoms with Crippen LogP contribution in [0.25, 0.3) is 22.2 Å². The van der Waals surface area contributed by atoms with Gasteiger partial charge in [-0.1, -0.05) is 29.3 Å². The van der Waals surface area contributed by atoms with Crippen molar-refractivity contribution in [2.24, 2.45) is 0 Å². The Balaban J connectivity index is 1.53. The zero-order chi connectivity index (χ0) is 27.2. The molecule has 11 nitrogen and oxygen atoms in total. The molecule has 198 valence electrons. The molecule has 1 aliphatic heterocycles. The molecular formula is C24H24Cl2N8O3S. The first-order valence-corrected chi connectivity index (χ1v) is 13.6. The Hall–Kier alpha value is -3.55. The third-order valence-corrected chi connectivity index (χ3v) is 6.94. The molecule has 0 atom stereocenters. The third-order valence-electron chi connectivity index (χ3n) is 5.30. The van der Waals surface area contributed by atoms with E-state index < -0.39 is 22.5 Å². The number of aromatic nitrogens is 3. The largest absolute Gasteiger partial charge is 0.333 e. The van der Waals surface area contributed by atoms with E-state index in [2.05, 4.69) is 40.3 Å². The van der Waals surface area contributed by atoms with Gasteiger partial charge < -0.3 is 10.6 Å². The fourth-order valence-electron chi connectivity index (χ4n) is 3.80. The van der Waals surface area contributed by atoms with Crippen LogP contribution in [0.5, 0.6) is 0 Å². The summed E-state index contributed by atoms with van der Waals surface area (Å²) in [4.78, 5) is 26.3. The van der Waals surface area contributed by atoms with Gasteiger partial charge >= 0.3 is 6.03 Å². The lowest BCUT2D eigenvalue weighted by Crippen LogP contribution is -2.43. The molecular weight excluding hydrogens is 551 g/mol. The Kier molecular flexibility index (Phi) is 6.61. The summed E-state index contributed by atoms with van der Waals surface area (Å²) in [6, 6.07) is 11.6. The molecule has 0 spiro atoms. The van der Waals surface area contributed by atoms with Gasteiger partial charge in [0.15, 0.2) is 5.65 Å². The van der Waals surface area contributed by atoms with Crippen molar-refractivity contribution in [1.29, 1.82) is 0 Å². The van der Waals surface area contributed by atoms with Crippen LogP contribution in [0.1, 0.15) is 20.8 Å². The van der Waals surface area contributed by atoms with E-state index in [1.807, 2.05) is 20.8 Å². The Morgan fingerprint density at radius 3 is 2.42 bits per heavy atom.